The van der Waals surface area contributed by atoms with Crippen LogP contribution in [0.4, 0.5) is 0 Å². The second-order valence-corrected chi connectivity index (χ2v) is 5.19. The van der Waals surface area contributed by atoms with Crippen LogP contribution in [0.15, 0.2) is 48.5 Å². The summed E-state index contributed by atoms with van der Waals surface area (Å²) in [6.45, 7) is 4.92. The zero-order valence-corrected chi connectivity index (χ0v) is 12.4. The zero-order chi connectivity index (χ0) is 14.8. The van der Waals surface area contributed by atoms with Gasteiger partial charge in [0.2, 0.25) is 0 Å². The highest BCUT2D eigenvalue weighted by molar-refractivity contribution is 5.86. The van der Waals surface area contributed by atoms with E-state index in [0.29, 0.717) is 0 Å². The molecule has 4 heteroatoms. The van der Waals surface area contributed by atoms with Gasteiger partial charge in [-0.3, -0.25) is 10.5 Å². The molecule has 1 atom stereocenters. The van der Waals surface area contributed by atoms with E-state index in [0.717, 1.165) is 17.9 Å². The van der Waals surface area contributed by atoms with Gasteiger partial charge in [0.05, 0.1) is 17.4 Å². The van der Waals surface area contributed by atoms with Crippen LogP contribution in [-0.4, -0.2) is 9.78 Å². The van der Waals surface area contributed by atoms with E-state index in [2.05, 4.69) is 66.0 Å². The van der Waals surface area contributed by atoms with Crippen LogP contribution in [-0.2, 0) is 6.54 Å². The first-order valence-electron chi connectivity index (χ1n) is 7.22. The Kier molecular flexibility index (Phi) is 3.73. The topological polar surface area (TPSA) is 55.9 Å². The minimum Gasteiger partial charge on any atom is -0.271 e. The van der Waals surface area contributed by atoms with Crippen molar-refractivity contribution in [3.8, 4) is 0 Å². The molecule has 21 heavy (non-hydrogen) atoms. The Balaban J connectivity index is 2.18. The number of nitrogens with one attached hydrogen (secondary N) is 1. The summed E-state index contributed by atoms with van der Waals surface area (Å²) in [7, 11) is 0. The maximum Gasteiger partial charge on any atom is 0.0884 e. The molecule has 1 heterocycles. The van der Waals surface area contributed by atoms with Crippen LogP contribution in [0, 0.1) is 6.92 Å². The maximum absolute atomic E-state index is 5.87. The van der Waals surface area contributed by atoms with E-state index in [1.807, 2.05) is 11.6 Å². The predicted octanol–water partition coefficient (Wildman–Crippen LogP) is 2.92. The summed E-state index contributed by atoms with van der Waals surface area (Å²) in [5, 5.41) is 6.95. The van der Waals surface area contributed by atoms with Gasteiger partial charge in [0.1, 0.15) is 0 Å². The molecule has 0 saturated heterocycles. The summed E-state index contributed by atoms with van der Waals surface area (Å²) in [5.41, 5.74) is 6.22. The van der Waals surface area contributed by atoms with Crippen LogP contribution in [0.5, 0.6) is 0 Å². The summed E-state index contributed by atoms with van der Waals surface area (Å²) in [5.74, 6) is 5.87. The Labute approximate surface area is 124 Å². The molecular formula is C17H20N4. The van der Waals surface area contributed by atoms with Gasteiger partial charge in [0.25, 0.3) is 0 Å². The third kappa shape index (κ3) is 2.44. The molecule has 0 saturated carbocycles. The van der Waals surface area contributed by atoms with Gasteiger partial charge in [-0.25, -0.2) is 5.43 Å². The van der Waals surface area contributed by atoms with Gasteiger partial charge in [-0.2, -0.15) is 5.10 Å². The number of hydrazine groups is 1. The first-order chi connectivity index (χ1) is 10.2. The molecule has 1 unspecified atom stereocenters. The van der Waals surface area contributed by atoms with Crippen LogP contribution in [0.1, 0.15) is 29.9 Å². The Bertz CT molecular complexity index is 755. The van der Waals surface area contributed by atoms with Crippen molar-refractivity contribution in [2.45, 2.75) is 26.4 Å². The van der Waals surface area contributed by atoms with Gasteiger partial charge in [0, 0.05) is 6.54 Å². The van der Waals surface area contributed by atoms with Gasteiger partial charge in [-0.1, -0.05) is 42.5 Å². The second-order valence-electron chi connectivity index (χ2n) is 5.19. The number of aromatic nitrogens is 2. The number of rotatable bonds is 4. The van der Waals surface area contributed by atoms with Crippen LogP contribution in [0.3, 0.4) is 0 Å². The largest absolute Gasteiger partial charge is 0.271 e. The minimum absolute atomic E-state index is 0.0720. The number of nitrogens with zero attached hydrogens (tertiary/aromatic N) is 2. The van der Waals surface area contributed by atoms with Gasteiger partial charge in [-0.15, -0.1) is 0 Å². The summed E-state index contributed by atoms with van der Waals surface area (Å²) in [6, 6.07) is 16.7. The molecule has 0 aliphatic carbocycles. The molecule has 1 aromatic heterocycles. The smallest absolute Gasteiger partial charge is 0.0884 e. The molecule has 0 aliphatic heterocycles. The summed E-state index contributed by atoms with van der Waals surface area (Å²) in [4.78, 5) is 0. The lowest BCUT2D eigenvalue weighted by Crippen LogP contribution is -2.30. The summed E-state index contributed by atoms with van der Waals surface area (Å²) in [6.07, 6.45) is 0. The van der Waals surface area contributed by atoms with Crippen molar-refractivity contribution >= 4 is 10.8 Å². The Morgan fingerprint density at radius 1 is 1.19 bits per heavy atom. The highest BCUT2D eigenvalue weighted by Gasteiger charge is 2.19. The van der Waals surface area contributed by atoms with E-state index in [-0.39, 0.29) is 6.04 Å². The second kappa shape index (κ2) is 5.68. The van der Waals surface area contributed by atoms with Gasteiger partial charge < -0.3 is 0 Å². The van der Waals surface area contributed by atoms with E-state index >= 15 is 0 Å². The fourth-order valence-electron chi connectivity index (χ4n) is 2.89. The van der Waals surface area contributed by atoms with Gasteiger partial charge in [-0.05, 0) is 36.2 Å². The lowest BCUT2D eigenvalue weighted by Gasteiger charge is -2.19. The number of benzene rings is 2. The van der Waals surface area contributed by atoms with Crippen LogP contribution < -0.4 is 11.3 Å². The van der Waals surface area contributed by atoms with Crippen molar-refractivity contribution in [1.29, 1.82) is 0 Å². The Morgan fingerprint density at radius 3 is 2.71 bits per heavy atom. The first-order valence-corrected chi connectivity index (χ1v) is 7.22. The van der Waals surface area contributed by atoms with Crippen molar-refractivity contribution in [2.75, 3.05) is 0 Å². The van der Waals surface area contributed by atoms with Crippen molar-refractivity contribution in [3.63, 3.8) is 0 Å². The van der Waals surface area contributed by atoms with Crippen LogP contribution in [0.2, 0.25) is 0 Å². The number of hydrogen-bond acceptors (Lipinski definition) is 3. The lowest BCUT2D eigenvalue weighted by atomic mass is 9.97. The summed E-state index contributed by atoms with van der Waals surface area (Å²) >= 11 is 0. The van der Waals surface area contributed by atoms with E-state index in [4.69, 9.17) is 5.84 Å². The molecule has 3 rings (SSSR count). The molecule has 108 valence electrons. The number of fused-ring (bicyclic) bond motifs is 1. The predicted molar refractivity (Wildman–Crippen MR) is 85.8 cm³/mol. The van der Waals surface area contributed by atoms with Crippen molar-refractivity contribution < 1.29 is 0 Å². The molecule has 0 bridgehead atoms. The molecule has 2 aromatic carbocycles. The third-order valence-electron chi connectivity index (χ3n) is 3.83. The molecule has 0 fully saturated rings. The first kappa shape index (κ1) is 13.8. The van der Waals surface area contributed by atoms with E-state index in [9.17, 15) is 0 Å². The fourth-order valence-corrected chi connectivity index (χ4v) is 2.89. The van der Waals surface area contributed by atoms with E-state index in [1.54, 1.807) is 0 Å². The molecule has 0 spiro atoms. The quantitative estimate of drug-likeness (QED) is 0.570. The zero-order valence-electron chi connectivity index (χ0n) is 12.4. The third-order valence-corrected chi connectivity index (χ3v) is 3.83. The fraction of sp³-hybridized carbons (Fsp3) is 0.235. The molecule has 3 N–H and O–H groups in total. The number of hydrogen-bond donors (Lipinski definition) is 2. The Morgan fingerprint density at radius 2 is 1.95 bits per heavy atom. The molecule has 0 radical (unpaired) electrons. The number of aryl methyl sites for hydroxylation is 2. The molecule has 3 aromatic rings. The SMILES string of the molecule is CCn1nc(C)cc1C(NN)c1cccc2ccccc12. The average Bonchev–Trinajstić information content (AvgIpc) is 2.89. The molecule has 0 aliphatic rings. The maximum atomic E-state index is 5.87. The highest BCUT2D eigenvalue weighted by atomic mass is 15.3. The van der Waals surface area contributed by atoms with Gasteiger partial charge >= 0.3 is 0 Å². The Hall–Kier alpha value is -2.17. The van der Waals surface area contributed by atoms with Crippen molar-refractivity contribution in [2.24, 2.45) is 5.84 Å². The lowest BCUT2D eigenvalue weighted by molar-refractivity contribution is 0.544. The minimum atomic E-state index is -0.0720. The average molecular weight is 280 g/mol. The monoisotopic (exact) mass is 280 g/mol. The van der Waals surface area contributed by atoms with Crippen LogP contribution >= 0.6 is 0 Å². The summed E-state index contributed by atoms with van der Waals surface area (Å²) < 4.78 is 2.00. The van der Waals surface area contributed by atoms with Crippen molar-refractivity contribution in [3.05, 3.63) is 65.5 Å². The number of nitrogens with two attached hydrogens (primary N) is 1. The normalized spacial score (nSPS) is 12.7. The molecular weight excluding hydrogens is 260 g/mol. The van der Waals surface area contributed by atoms with Crippen LogP contribution in [0.25, 0.3) is 10.8 Å². The van der Waals surface area contributed by atoms with Crippen molar-refractivity contribution in [1.82, 2.24) is 15.2 Å². The molecule has 4 nitrogen and oxygen atoms in total. The van der Waals surface area contributed by atoms with E-state index in [1.165, 1.54) is 16.3 Å². The van der Waals surface area contributed by atoms with Gasteiger partial charge in [0.15, 0.2) is 0 Å². The molecule has 0 amide bonds. The van der Waals surface area contributed by atoms with E-state index < -0.39 is 0 Å². The standard InChI is InChI=1S/C17H20N4/c1-3-21-16(11-12(2)20-21)17(19-18)15-10-6-8-13-7-4-5-9-14(13)15/h4-11,17,19H,3,18H2,1-2H3. The highest BCUT2D eigenvalue weighted by Crippen LogP contribution is 2.28.